The van der Waals surface area contributed by atoms with E-state index in [2.05, 4.69) is 21.6 Å². The zero-order valence-corrected chi connectivity index (χ0v) is 18.3. The van der Waals surface area contributed by atoms with Crippen molar-refractivity contribution in [1.82, 2.24) is 10.2 Å². The largest absolute Gasteiger partial charge is 0.497 e. The summed E-state index contributed by atoms with van der Waals surface area (Å²) in [5.74, 6) is 1.93. The van der Waals surface area contributed by atoms with E-state index in [1.807, 2.05) is 50.2 Å². The highest BCUT2D eigenvalue weighted by molar-refractivity contribution is 8.03. The quantitative estimate of drug-likeness (QED) is 0.496. The van der Waals surface area contributed by atoms with Crippen LogP contribution in [0.25, 0.3) is 0 Å². The van der Waals surface area contributed by atoms with E-state index in [1.165, 1.54) is 28.7 Å². The van der Waals surface area contributed by atoms with Gasteiger partial charge in [0, 0.05) is 11.4 Å². The van der Waals surface area contributed by atoms with Gasteiger partial charge < -0.3 is 10.1 Å². The van der Waals surface area contributed by atoms with Gasteiger partial charge in [0.25, 0.3) is 0 Å². The van der Waals surface area contributed by atoms with Crippen LogP contribution >= 0.6 is 34.9 Å². The van der Waals surface area contributed by atoms with E-state index in [4.69, 9.17) is 4.74 Å². The summed E-state index contributed by atoms with van der Waals surface area (Å²) in [6.45, 7) is 4.04. The molecule has 5 nitrogen and oxygen atoms in total. The van der Waals surface area contributed by atoms with E-state index in [-0.39, 0.29) is 5.91 Å². The molecule has 3 rings (SSSR count). The SMILES string of the molecule is COc1ccc(CSc2nnc(SCC(=O)Nc3cc(C)cc(C)c3)s2)cc1. The average molecular weight is 432 g/mol. The van der Waals surface area contributed by atoms with Crippen molar-refractivity contribution < 1.29 is 9.53 Å². The maximum atomic E-state index is 12.2. The minimum absolute atomic E-state index is 0.0439. The number of nitrogens with zero attached hydrogens (tertiary/aromatic N) is 2. The highest BCUT2D eigenvalue weighted by Crippen LogP contribution is 2.31. The van der Waals surface area contributed by atoms with E-state index in [9.17, 15) is 4.79 Å². The van der Waals surface area contributed by atoms with Crippen LogP contribution in [0, 0.1) is 13.8 Å². The second-order valence-electron chi connectivity index (χ2n) is 6.18. The van der Waals surface area contributed by atoms with Gasteiger partial charge in [-0.05, 0) is 54.8 Å². The van der Waals surface area contributed by atoms with Crippen LogP contribution in [0.5, 0.6) is 5.75 Å². The summed E-state index contributed by atoms with van der Waals surface area (Å²) < 4.78 is 6.86. The summed E-state index contributed by atoms with van der Waals surface area (Å²) in [6.07, 6.45) is 0. The number of amides is 1. The number of benzene rings is 2. The van der Waals surface area contributed by atoms with E-state index >= 15 is 0 Å². The van der Waals surface area contributed by atoms with Gasteiger partial charge in [-0.1, -0.05) is 53.1 Å². The predicted octanol–water partition coefficient (Wildman–Crippen LogP) is 5.19. The summed E-state index contributed by atoms with van der Waals surface area (Å²) in [4.78, 5) is 12.2. The van der Waals surface area contributed by atoms with Gasteiger partial charge in [0.2, 0.25) is 5.91 Å². The molecule has 0 aliphatic heterocycles. The van der Waals surface area contributed by atoms with Gasteiger partial charge in [0.1, 0.15) is 5.75 Å². The molecular weight excluding hydrogens is 410 g/mol. The van der Waals surface area contributed by atoms with Crippen molar-refractivity contribution in [2.75, 3.05) is 18.2 Å². The third-order valence-electron chi connectivity index (χ3n) is 3.74. The van der Waals surface area contributed by atoms with E-state index < -0.39 is 0 Å². The Bertz CT molecular complexity index is 922. The molecular formula is C20H21N3O2S3. The van der Waals surface area contributed by atoms with Crippen LogP contribution in [0.2, 0.25) is 0 Å². The first kappa shape index (κ1) is 20.7. The fourth-order valence-corrected chi connectivity index (χ4v) is 5.33. The zero-order valence-electron chi connectivity index (χ0n) is 15.9. The molecule has 3 aromatic rings. The number of anilines is 1. The molecule has 0 radical (unpaired) electrons. The fraction of sp³-hybridized carbons (Fsp3) is 0.250. The molecule has 0 saturated heterocycles. The lowest BCUT2D eigenvalue weighted by molar-refractivity contribution is -0.113. The van der Waals surface area contributed by atoms with Crippen molar-refractivity contribution in [1.29, 1.82) is 0 Å². The predicted molar refractivity (Wildman–Crippen MR) is 118 cm³/mol. The minimum Gasteiger partial charge on any atom is -0.497 e. The van der Waals surface area contributed by atoms with Crippen LogP contribution < -0.4 is 10.1 Å². The standard InChI is InChI=1S/C20H21N3O2S3/c1-13-8-14(2)10-16(9-13)21-18(24)12-27-20-23-22-19(28-20)26-11-15-4-6-17(25-3)7-5-15/h4-10H,11-12H2,1-3H3,(H,21,24). The van der Waals surface area contributed by atoms with E-state index in [0.29, 0.717) is 5.75 Å². The summed E-state index contributed by atoms with van der Waals surface area (Å²) in [5.41, 5.74) is 4.29. The number of nitrogens with one attached hydrogen (secondary N) is 1. The van der Waals surface area contributed by atoms with Crippen molar-refractivity contribution in [2.24, 2.45) is 0 Å². The van der Waals surface area contributed by atoms with Crippen molar-refractivity contribution in [3.8, 4) is 5.75 Å². The smallest absolute Gasteiger partial charge is 0.234 e. The number of methoxy groups -OCH3 is 1. The molecule has 0 bridgehead atoms. The first-order chi connectivity index (χ1) is 13.5. The van der Waals surface area contributed by atoms with Gasteiger partial charge in [0.05, 0.1) is 12.9 Å². The number of aryl methyl sites for hydroxylation is 2. The van der Waals surface area contributed by atoms with Crippen molar-refractivity contribution in [2.45, 2.75) is 28.3 Å². The molecule has 0 aliphatic carbocycles. The summed E-state index contributed by atoms with van der Waals surface area (Å²) in [6, 6.07) is 14.0. The number of ether oxygens (including phenoxy) is 1. The third-order valence-corrected chi connectivity index (χ3v) is 7.00. The highest BCUT2D eigenvalue weighted by atomic mass is 32.2. The maximum absolute atomic E-state index is 12.2. The molecule has 2 aromatic carbocycles. The van der Waals surface area contributed by atoms with E-state index in [1.54, 1.807) is 18.9 Å². The Kier molecular flexibility index (Phi) is 7.36. The van der Waals surface area contributed by atoms with Crippen LogP contribution in [0.15, 0.2) is 51.1 Å². The third kappa shape index (κ3) is 6.25. The van der Waals surface area contributed by atoms with Gasteiger partial charge in [-0.15, -0.1) is 10.2 Å². The molecule has 1 heterocycles. The van der Waals surface area contributed by atoms with Crippen molar-refractivity contribution in [3.63, 3.8) is 0 Å². The highest BCUT2D eigenvalue weighted by Gasteiger charge is 2.10. The van der Waals surface area contributed by atoms with E-state index in [0.717, 1.165) is 37.0 Å². The normalized spacial score (nSPS) is 10.7. The summed E-state index contributed by atoms with van der Waals surface area (Å²) in [5, 5.41) is 11.3. The Balaban J connectivity index is 1.46. The summed E-state index contributed by atoms with van der Waals surface area (Å²) in [7, 11) is 1.66. The molecule has 0 unspecified atom stereocenters. The first-order valence-corrected chi connectivity index (χ1v) is 11.4. The molecule has 0 atom stereocenters. The van der Waals surface area contributed by atoms with Gasteiger partial charge in [0.15, 0.2) is 8.68 Å². The number of aromatic nitrogens is 2. The molecule has 0 spiro atoms. The molecule has 146 valence electrons. The maximum Gasteiger partial charge on any atom is 0.234 e. The van der Waals surface area contributed by atoms with Gasteiger partial charge in [-0.2, -0.15) is 0 Å². The number of rotatable bonds is 8. The number of hydrogen-bond acceptors (Lipinski definition) is 7. The number of carbonyl (C=O) groups is 1. The van der Waals surface area contributed by atoms with Crippen LogP contribution in [0.3, 0.4) is 0 Å². The molecule has 1 amide bonds. The molecule has 0 saturated carbocycles. The molecule has 1 aromatic heterocycles. The Morgan fingerprint density at radius 1 is 1.04 bits per heavy atom. The fourth-order valence-electron chi connectivity index (χ4n) is 2.55. The number of hydrogen-bond donors (Lipinski definition) is 1. The van der Waals surface area contributed by atoms with Crippen LogP contribution in [0.4, 0.5) is 5.69 Å². The zero-order chi connectivity index (χ0) is 19.9. The molecule has 0 fully saturated rings. The van der Waals surface area contributed by atoms with Crippen LogP contribution in [0.1, 0.15) is 16.7 Å². The topological polar surface area (TPSA) is 64.1 Å². The monoisotopic (exact) mass is 431 g/mol. The lowest BCUT2D eigenvalue weighted by atomic mass is 10.1. The van der Waals surface area contributed by atoms with Crippen LogP contribution in [-0.2, 0) is 10.5 Å². The Morgan fingerprint density at radius 2 is 1.68 bits per heavy atom. The van der Waals surface area contributed by atoms with Crippen LogP contribution in [-0.4, -0.2) is 29.0 Å². The minimum atomic E-state index is -0.0439. The molecule has 1 N–H and O–H groups in total. The van der Waals surface area contributed by atoms with Crippen molar-refractivity contribution >= 4 is 46.5 Å². The summed E-state index contributed by atoms with van der Waals surface area (Å²) >= 11 is 4.56. The van der Waals surface area contributed by atoms with Gasteiger partial charge in [-0.3, -0.25) is 4.79 Å². The lowest BCUT2D eigenvalue weighted by Gasteiger charge is -2.06. The Labute approximate surface area is 177 Å². The second kappa shape index (κ2) is 9.95. The van der Waals surface area contributed by atoms with Crippen molar-refractivity contribution in [3.05, 3.63) is 59.2 Å². The first-order valence-electron chi connectivity index (χ1n) is 8.62. The number of carbonyl (C=O) groups excluding carboxylic acids is 1. The average Bonchev–Trinajstić information content (AvgIpc) is 3.12. The molecule has 8 heteroatoms. The molecule has 28 heavy (non-hydrogen) atoms. The van der Waals surface area contributed by atoms with Gasteiger partial charge >= 0.3 is 0 Å². The second-order valence-corrected chi connectivity index (χ2v) is 9.61. The number of thioether (sulfide) groups is 2. The molecule has 0 aliphatic rings. The van der Waals surface area contributed by atoms with Gasteiger partial charge in [-0.25, -0.2) is 0 Å². The Hall–Kier alpha value is -2.03. The lowest BCUT2D eigenvalue weighted by Crippen LogP contribution is -2.14. The Morgan fingerprint density at radius 3 is 2.32 bits per heavy atom.